The van der Waals surface area contributed by atoms with Crippen molar-refractivity contribution in [2.75, 3.05) is 45.1 Å². The summed E-state index contributed by atoms with van der Waals surface area (Å²) in [4.78, 5) is 14.3. The molecule has 0 spiro atoms. The SMILES string of the molecule is O=C(CSc1ccc(Cl)cc1)NCC[NH+]1CCOCC1. The maximum atomic E-state index is 11.7. The molecule has 2 rings (SSSR count). The van der Waals surface area contributed by atoms with Gasteiger partial charge in [-0.2, -0.15) is 0 Å². The van der Waals surface area contributed by atoms with Crippen molar-refractivity contribution < 1.29 is 14.4 Å². The van der Waals surface area contributed by atoms with Gasteiger partial charge in [-0.05, 0) is 24.3 Å². The third-order valence-corrected chi connectivity index (χ3v) is 4.45. The largest absolute Gasteiger partial charge is 0.370 e. The molecule has 0 aliphatic carbocycles. The molecule has 1 aliphatic rings. The summed E-state index contributed by atoms with van der Waals surface area (Å²) >= 11 is 7.34. The van der Waals surface area contributed by atoms with E-state index >= 15 is 0 Å². The fraction of sp³-hybridized carbons (Fsp3) is 0.500. The zero-order valence-electron chi connectivity index (χ0n) is 11.4. The molecule has 1 aromatic carbocycles. The Morgan fingerprint density at radius 3 is 2.70 bits per heavy atom. The van der Waals surface area contributed by atoms with E-state index in [0.29, 0.717) is 10.8 Å². The molecular formula is C14H20ClN2O2S+. The second-order valence-electron chi connectivity index (χ2n) is 4.70. The molecule has 0 aromatic heterocycles. The number of rotatable bonds is 6. The zero-order chi connectivity index (χ0) is 14.2. The lowest BCUT2D eigenvalue weighted by Gasteiger charge is -2.23. The van der Waals surface area contributed by atoms with Crippen LogP contribution in [0.4, 0.5) is 0 Å². The van der Waals surface area contributed by atoms with Gasteiger partial charge < -0.3 is 15.0 Å². The van der Waals surface area contributed by atoms with Gasteiger partial charge in [-0.3, -0.25) is 4.79 Å². The first-order chi connectivity index (χ1) is 9.74. The Hall–Kier alpha value is -0.750. The van der Waals surface area contributed by atoms with Crippen LogP contribution in [0.25, 0.3) is 0 Å². The van der Waals surface area contributed by atoms with E-state index in [2.05, 4.69) is 5.32 Å². The van der Waals surface area contributed by atoms with Crippen LogP contribution >= 0.6 is 23.4 Å². The topological polar surface area (TPSA) is 42.8 Å². The highest BCUT2D eigenvalue weighted by Crippen LogP contribution is 2.19. The van der Waals surface area contributed by atoms with E-state index in [1.165, 1.54) is 16.7 Å². The maximum absolute atomic E-state index is 11.7. The Morgan fingerprint density at radius 1 is 1.30 bits per heavy atom. The van der Waals surface area contributed by atoms with Crippen LogP contribution in [0.2, 0.25) is 5.02 Å². The summed E-state index contributed by atoms with van der Waals surface area (Å²) in [5.41, 5.74) is 0. The number of halogens is 1. The maximum Gasteiger partial charge on any atom is 0.230 e. The van der Waals surface area contributed by atoms with Crippen LogP contribution < -0.4 is 10.2 Å². The number of benzene rings is 1. The predicted molar refractivity (Wildman–Crippen MR) is 81.6 cm³/mol. The van der Waals surface area contributed by atoms with Gasteiger partial charge in [0, 0.05) is 9.92 Å². The van der Waals surface area contributed by atoms with Crippen LogP contribution in [0, 0.1) is 0 Å². The molecule has 0 unspecified atom stereocenters. The number of quaternary nitrogens is 1. The number of amides is 1. The summed E-state index contributed by atoms with van der Waals surface area (Å²) in [6.07, 6.45) is 0. The molecule has 20 heavy (non-hydrogen) atoms. The summed E-state index contributed by atoms with van der Waals surface area (Å²) in [7, 11) is 0. The Labute approximate surface area is 128 Å². The molecule has 4 nitrogen and oxygen atoms in total. The number of thioether (sulfide) groups is 1. The fourth-order valence-corrected chi connectivity index (χ4v) is 2.87. The highest BCUT2D eigenvalue weighted by molar-refractivity contribution is 8.00. The van der Waals surface area contributed by atoms with Gasteiger partial charge in [-0.25, -0.2) is 0 Å². The molecule has 1 aliphatic heterocycles. The molecule has 0 radical (unpaired) electrons. The minimum atomic E-state index is 0.0811. The van der Waals surface area contributed by atoms with Crippen LogP contribution in [-0.2, 0) is 9.53 Å². The Balaban J connectivity index is 1.59. The second-order valence-corrected chi connectivity index (χ2v) is 6.19. The molecule has 1 aromatic rings. The molecule has 6 heteroatoms. The van der Waals surface area contributed by atoms with Crippen LogP contribution in [0.1, 0.15) is 0 Å². The van der Waals surface area contributed by atoms with Gasteiger partial charge >= 0.3 is 0 Å². The van der Waals surface area contributed by atoms with Gasteiger partial charge in [-0.15, -0.1) is 11.8 Å². The van der Waals surface area contributed by atoms with Gasteiger partial charge in [-0.1, -0.05) is 11.6 Å². The number of carbonyl (C=O) groups excluding carboxylic acids is 1. The lowest BCUT2D eigenvalue weighted by atomic mass is 10.4. The molecule has 110 valence electrons. The molecule has 1 fully saturated rings. The zero-order valence-corrected chi connectivity index (χ0v) is 12.9. The van der Waals surface area contributed by atoms with Crippen LogP contribution in [0.5, 0.6) is 0 Å². The number of carbonyl (C=O) groups is 1. The molecular weight excluding hydrogens is 296 g/mol. The highest BCUT2D eigenvalue weighted by Gasteiger charge is 2.13. The minimum absolute atomic E-state index is 0.0811. The van der Waals surface area contributed by atoms with Gasteiger partial charge in [0.25, 0.3) is 0 Å². The molecule has 0 atom stereocenters. The first-order valence-electron chi connectivity index (χ1n) is 6.80. The van der Waals surface area contributed by atoms with Crippen LogP contribution in [0.15, 0.2) is 29.2 Å². The second kappa shape index (κ2) is 8.52. The molecule has 0 saturated carbocycles. The van der Waals surface area contributed by atoms with E-state index in [1.807, 2.05) is 24.3 Å². The van der Waals surface area contributed by atoms with Crippen molar-refractivity contribution in [1.29, 1.82) is 0 Å². The summed E-state index contributed by atoms with van der Waals surface area (Å²) in [5, 5.41) is 3.68. The van der Waals surface area contributed by atoms with Crippen LogP contribution in [0.3, 0.4) is 0 Å². The van der Waals surface area contributed by atoms with E-state index in [4.69, 9.17) is 16.3 Å². The van der Waals surface area contributed by atoms with Crippen molar-refractivity contribution in [2.45, 2.75) is 4.90 Å². The molecule has 1 saturated heterocycles. The first-order valence-corrected chi connectivity index (χ1v) is 8.17. The smallest absolute Gasteiger partial charge is 0.230 e. The monoisotopic (exact) mass is 315 g/mol. The Bertz CT molecular complexity index is 422. The number of morpholine rings is 1. The lowest BCUT2D eigenvalue weighted by Crippen LogP contribution is -3.14. The van der Waals surface area contributed by atoms with Gasteiger partial charge in [0.2, 0.25) is 5.91 Å². The number of ether oxygens (including phenoxy) is 1. The average molecular weight is 316 g/mol. The van der Waals surface area contributed by atoms with E-state index in [1.54, 1.807) is 0 Å². The van der Waals surface area contributed by atoms with E-state index in [-0.39, 0.29) is 5.91 Å². The fourth-order valence-electron chi connectivity index (χ4n) is 2.02. The quantitative estimate of drug-likeness (QED) is 0.750. The molecule has 0 bridgehead atoms. The summed E-state index contributed by atoms with van der Waals surface area (Å²) in [6, 6.07) is 7.53. The summed E-state index contributed by atoms with van der Waals surface area (Å²) < 4.78 is 5.30. The number of hydrogen-bond acceptors (Lipinski definition) is 3. The predicted octanol–water partition coefficient (Wildman–Crippen LogP) is 0.463. The summed E-state index contributed by atoms with van der Waals surface area (Å²) in [6.45, 7) is 5.44. The highest BCUT2D eigenvalue weighted by atomic mass is 35.5. The van der Waals surface area contributed by atoms with Crippen LogP contribution in [-0.4, -0.2) is 51.1 Å². The molecule has 1 amide bonds. The van der Waals surface area contributed by atoms with Gasteiger partial charge in [0.05, 0.1) is 32.1 Å². The number of hydrogen-bond donors (Lipinski definition) is 2. The van der Waals surface area contributed by atoms with E-state index in [0.717, 1.165) is 44.3 Å². The lowest BCUT2D eigenvalue weighted by molar-refractivity contribution is -0.906. The van der Waals surface area contributed by atoms with E-state index in [9.17, 15) is 4.79 Å². The Kier molecular flexibility index (Phi) is 6.66. The van der Waals surface area contributed by atoms with Gasteiger partial charge in [0.15, 0.2) is 0 Å². The first kappa shape index (κ1) is 15.6. The van der Waals surface area contributed by atoms with Crippen molar-refractivity contribution in [1.82, 2.24) is 5.32 Å². The van der Waals surface area contributed by atoms with Crippen molar-refractivity contribution in [3.63, 3.8) is 0 Å². The van der Waals surface area contributed by atoms with Crippen molar-refractivity contribution in [2.24, 2.45) is 0 Å². The standard InChI is InChI=1S/C14H19ClN2O2S/c15-12-1-3-13(4-2-12)20-11-14(18)16-5-6-17-7-9-19-10-8-17/h1-4H,5-11H2,(H,16,18)/p+1. The average Bonchev–Trinajstić information content (AvgIpc) is 2.48. The third-order valence-electron chi connectivity index (χ3n) is 3.18. The van der Waals surface area contributed by atoms with Crippen molar-refractivity contribution in [3.8, 4) is 0 Å². The van der Waals surface area contributed by atoms with E-state index < -0.39 is 0 Å². The van der Waals surface area contributed by atoms with Crippen molar-refractivity contribution >= 4 is 29.3 Å². The van der Waals surface area contributed by atoms with Crippen molar-refractivity contribution in [3.05, 3.63) is 29.3 Å². The normalized spacial score (nSPS) is 16.1. The minimum Gasteiger partial charge on any atom is -0.370 e. The summed E-state index contributed by atoms with van der Waals surface area (Å²) in [5.74, 6) is 0.526. The Morgan fingerprint density at radius 2 is 2.00 bits per heavy atom. The third kappa shape index (κ3) is 5.71. The molecule has 1 heterocycles. The van der Waals surface area contributed by atoms with Gasteiger partial charge in [0.1, 0.15) is 13.1 Å². The number of nitrogens with one attached hydrogen (secondary N) is 2. The molecule has 2 N–H and O–H groups in total.